The van der Waals surface area contributed by atoms with Crippen molar-refractivity contribution in [2.75, 3.05) is 24.2 Å². The summed E-state index contributed by atoms with van der Waals surface area (Å²) in [6.45, 7) is 0.721. The summed E-state index contributed by atoms with van der Waals surface area (Å²) in [5, 5.41) is 4.06. The Morgan fingerprint density at radius 2 is 1.94 bits per heavy atom. The maximum absolute atomic E-state index is 12.6. The van der Waals surface area contributed by atoms with Crippen LogP contribution in [0.4, 0.5) is 17.6 Å². The van der Waals surface area contributed by atoms with E-state index in [1.807, 2.05) is 42.3 Å². The van der Waals surface area contributed by atoms with Crippen LogP contribution < -0.4 is 10.6 Å². The number of rotatable bonds is 6. The minimum absolute atomic E-state index is 0.0660. The van der Waals surface area contributed by atoms with Crippen LogP contribution in [0.2, 0.25) is 0 Å². The normalized spacial score (nSPS) is 18.4. The fraction of sp³-hybridized carbons (Fsp3) is 0.429. The van der Waals surface area contributed by atoms with Gasteiger partial charge < -0.3 is 20.1 Å². The highest BCUT2D eigenvalue weighted by Crippen LogP contribution is 2.37. The van der Waals surface area contributed by atoms with Gasteiger partial charge in [0.05, 0.1) is 0 Å². The predicted molar refractivity (Wildman–Crippen MR) is 113 cm³/mol. The molecule has 3 aromatic rings. The van der Waals surface area contributed by atoms with Crippen molar-refractivity contribution in [2.45, 2.75) is 38.1 Å². The van der Waals surface area contributed by atoms with Gasteiger partial charge in [-0.2, -0.15) is 19.9 Å². The number of hydrogen-bond acceptors (Lipinski definition) is 9. The van der Waals surface area contributed by atoms with E-state index in [2.05, 4.69) is 25.1 Å². The molecule has 10 heteroatoms. The fourth-order valence-corrected chi connectivity index (χ4v) is 3.87. The van der Waals surface area contributed by atoms with Gasteiger partial charge in [-0.1, -0.05) is 23.4 Å². The number of hydrogen-bond donors (Lipinski definition) is 1. The summed E-state index contributed by atoms with van der Waals surface area (Å²) in [4.78, 5) is 33.7. The van der Waals surface area contributed by atoms with Crippen LogP contribution >= 0.6 is 0 Å². The second-order valence-electron chi connectivity index (χ2n) is 8.06. The zero-order valence-corrected chi connectivity index (χ0v) is 17.3. The summed E-state index contributed by atoms with van der Waals surface area (Å²) >= 11 is 0. The van der Waals surface area contributed by atoms with Crippen molar-refractivity contribution in [1.82, 2.24) is 30.0 Å². The lowest BCUT2D eigenvalue weighted by Gasteiger charge is -2.21. The Bertz CT molecular complexity index is 1080. The van der Waals surface area contributed by atoms with Gasteiger partial charge in [-0.25, -0.2) is 0 Å². The van der Waals surface area contributed by atoms with Crippen molar-refractivity contribution in [3.63, 3.8) is 0 Å². The Morgan fingerprint density at radius 3 is 2.71 bits per heavy atom. The highest BCUT2D eigenvalue weighted by atomic mass is 16.5. The number of carbonyl (C=O) groups excluding carboxylic acids is 1. The van der Waals surface area contributed by atoms with Gasteiger partial charge in [0.25, 0.3) is 0 Å². The molecule has 160 valence electrons. The van der Waals surface area contributed by atoms with Crippen LogP contribution in [0, 0.1) is 5.92 Å². The number of anilines is 3. The van der Waals surface area contributed by atoms with E-state index in [9.17, 15) is 4.79 Å². The van der Waals surface area contributed by atoms with Crippen molar-refractivity contribution >= 4 is 23.5 Å². The first-order valence-corrected chi connectivity index (χ1v) is 10.5. The lowest BCUT2D eigenvalue weighted by atomic mass is 10.2. The van der Waals surface area contributed by atoms with E-state index in [-0.39, 0.29) is 29.5 Å². The largest absolute Gasteiger partial charge is 0.368 e. The monoisotopic (exact) mass is 420 g/mol. The molecule has 31 heavy (non-hydrogen) atoms. The molecule has 2 N–H and O–H groups in total. The van der Waals surface area contributed by atoms with Gasteiger partial charge in [-0.15, -0.1) is 0 Å². The van der Waals surface area contributed by atoms with Crippen molar-refractivity contribution in [2.24, 2.45) is 5.92 Å². The second-order valence-corrected chi connectivity index (χ2v) is 8.06. The Labute approximate surface area is 179 Å². The van der Waals surface area contributed by atoms with E-state index < -0.39 is 0 Å². The van der Waals surface area contributed by atoms with E-state index in [1.54, 1.807) is 4.90 Å². The number of nitrogens with two attached hydrogens (primary N) is 1. The topological polar surface area (TPSA) is 127 Å². The number of nitrogens with zero attached hydrogens (tertiary/aromatic N) is 7. The van der Waals surface area contributed by atoms with Gasteiger partial charge in [0.2, 0.25) is 35.3 Å². The first-order valence-electron chi connectivity index (χ1n) is 10.5. The molecule has 10 nitrogen and oxygen atoms in total. The number of nitrogen functional groups attached to an aromatic ring is 1. The molecule has 1 aliphatic carbocycles. The first-order chi connectivity index (χ1) is 15.1. The second kappa shape index (κ2) is 7.93. The van der Waals surface area contributed by atoms with Gasteiger partial charge in [0.15, 0.2) is 0 Å². The Kier molecular flexibility index (Phi) is 4.97. The quantitative estimate of drug-likeness (QED) is 0.640. The van der Waals surface area contributed by atoms with E-state index in [0.717, 1.165) is 37.9 Å². The number of para-hydroxylation sites is 1. The van der Waals surface area contributed by atoms with Crippen molar-refractivity contribution < 1.29 is 9.32 Å². The number of benzene rings is 1. The van der Waals surface area contributed by atoms with Crippen LogP contribution in [0.15, 0.2) is 34.9 Å². The third kappa shape index (κ3) is 4.05. The van der Waals surface area contributed by atoms with Crippen LogP contribution in [0.1, 0.15) is 44.0 Å². The molecule has 2 fully saturated rings. The number of aromatic nitrogens is 5. The Balaban J connectivity index is 1.39. The van der Waals surface area contributed by atoms with Crippen LogP contribution in [0.25, 0.3) is 11.6 Å². The van der Waals surface area contributed by atoms with Gasteiger partial charge in [0, 0.05) is 25.7 Å². The van der Waals surface area contributed by atoms with E-state index >= 15 is 0 Å². The third-order valence-corrected chi connectivity index (χ3v) is 5.74. The molecular formula is C21H24N8O2. The zero-order chi connectivity index (χ0) is 21.4. The van der Waals surface area contributed by atoms with Crippen molar-refractivity contribution in [3.8, 4) is 11.6 Å². The molecule has 1 aromatic carbocycles. The number of amides is 1. The average molecular weight is 420 g/mol. The van der Waals surface area contributed by atoms with Crippen LogP contribution in [-0.4, -0.2) is 49.5 Å². The van der Waals surface area contributed by atoms with Crippen LogP contribution in [-0.2, 0) is 4.79 Å². The molecule has 1 saturated heterocycles. The molecule has 2 aromatic heterocycles. The van der Waals surface area contributed by atoms with Gasteiger partial charge in [-0.3, -0.25) is 4.79 Å². The molecular weight excluding hydrogens is 396 g/mol. The maximum atomic E-state index is 12.6. The van der Waals surface area contributed by atoms with Crippen molar-refractivity contribution in [1.29, 1.82) is 0 Å². The molecule has 2 aliphatic rings. The molecule has 1 amide bonds. The molecule has 0 spiro atoms. The molecule has 1 atom stereocenters. The van der Waals surface area contributed by atoms with Crippen LogP contribution in [0.5, 0.6) is 0 Å². The maximum Gasteiger partial charge on any atom is 0.249 e. The molecule has 5 rings (SSSR count). The number of carbonyl (C=O) groups is 1. The number of likely N-dealkylation sites (tertiary alicyclic amines) is 1. The van der Waals surface area contributed by atoms with E-state index in [4.69, 9.17) is 10.3 Å². The minimum Gasteiger partial charge on any atom is -0.368 e. The van der Waals surface area contributed by atoms with Crippen molar-refractivity contribution in [3.05, 3.63) is 36.2 Å². The lowest BCUT2D eigenvalue weighted by Crippen LogP contribution is -2.30. The molecule has 0 bridgehead atoms. The standard InChI is InChI=1S/C21H24N8O2/c1-28(14-6-3-2-4-7-14)21-25-17(24-20(22)26-21)18-23-19(31-27-18)15-8-5-11-29(15)16(30)12-13-9-10-13/h2-4,6-7,13,15H,5,8-12H2,1H3,(H2,22,24,25,26)/t15-/m0/s1. The highest BCUT2D eigenvalue weighted by molar-refractivity contribution is 5.77. The van der Waals surface area contributed by atoms with Crippen LogP contribution in [0.3, 0.4) is 0 Å². The lowest BCUT2D eigenvalue weighted by molar-refractivity contribution is -0.132. The summed E-state index contributed by atoms with van der Waals surface area (Å²) in [6.07, 6.45) is 4.63. The zero-order valence-electron chi connectivity index (χ0n) is 17.3. The molecule has 3 heterocycles. The summed E-state index contributed by atoms with van der Waals surface area (Å²) in [6, 6.07) is 9.49. The average Bonchev–Trinajstić information content (AvgIpc) is 3.26. The fourth-order valence-electron chi connectivity index (χ4n) is 3.87. The summed E-state index contributed by atoms with van der Waals surface area (Å²) in [5.41, 5.74) is 6.83. The Morgan fingerprint density at radius 1 is 1.13 bits per heavy atom. The highest BCUT2D eigenvalue weighted by Gasteiger charge is 2.36. The van der Waals surface area contributed by atoms with Gasteiger partial charge >= 0.3 is 0 Å². The summed E-state index contributed by atoms with van der Waals surface area (Å²) in [7, 11) is 1.84. The van der Waals surface area contributed by atoms with Gasteiger partial charge in [0.1, 0.15) is 6.04 Å². The van der Waals surface area contributed by atoms with Gasteiger partial charge in [-0.05, 0) is 43.7 Å². The molecule has 1 aliphatic heterocycles. The third-order valence-electron chi connectivity index (χ3n) is 5.74. The summed E-state index contributed by atoms with van der Waals surface area (Å²) < 4.78 is 5.52. The van der Waals surface area contributed by atoms with E-state index in [1.165, 1.54) is 0 Å². The predicted octanol–water partition coefficient (Wildman–Crippen LogP) is 2.74. The molecule has 1 saturated carbocycles. The molecule has 0 unspecified atom stereocenters. The minimum atomic E-state index is -0.196. The summed E-state index contributed by atoms with van der Waals surface area (Å²) in [5.74, 6) is 2.02. The smallest absolute Gasteiger partial charge is 0.249 e. The Hall–Kier alpha value is -3.56. The SMILES string of the molecule is CN(c1ccccc1)c1nc(N)nc(-c2noc([C@@H]3CCCN3C(=O)CC3CC3)n2)n1. The first kappa shape index (κ1) is 19.4. The van der Waals surface area contributed by atoms with E-state index in [0.29, 0.717) is 24.2 Å². The molecule has 0 radical (unpaired) electrons.